The van der Waals surface area contributed by atoms with E-state index in [9.17, 15) is 4.79 Å². The summed E-state index contributed by atoms with van der Waals surface area (Å²) in [6.07, 6.45) is 0. The Balaban J connectivity index is 0.00000144. The van der Waals surface area contributed by atoms with Gasteiger partial charge in [-0.2, -0.15) is 0 Å². The molecule has 1 aromatic carbocycles. The van der Waals surface area contributed by atoms with Gasteiger partial charge in [-0.25, -0.2) is 0 Å². The Morgan fingerprint density at radius 3 is 2.62 bits per heavy atom. The maximum absolute atomic E-state index is 10.9. The van der Waals surface area contributed by atoms with E-state index >= 15 is 0 Å². The highest BCUT2D eigenvalue weighted by Gasteiger charge is 1.99. The molecule has 0 fully saturated rings. The van der Waals surface area contributed by atoms with Crippen LogP contribution >= 0.6 is 17.0 Å². The van der Waals surface area contributed by atoms with E-state index in [0.717, 1.165) is 11.3 Å². The predicted octanol–water partition coefficient (Wildman–Crippen LogP) is 1.47. The van der Waals surface area contributed by atoms with Crippen molar-refractivity contribution in [3.8, 4) is 0 Å². The highest BCUT2D eigenvalue weighted by molar-refractivity contribution is 8.93. The smallest absolute Gasteiger partial charge is 0.238 e. The van der Waals surface area contributed by atoms with Gasteiger partial charge in [0, 0.05) is 5.69 Å². The molecule has 0 atom stereocenters. The van der Waals surface area contributed by atoms with Crippen molar-refractivity contribution in [3.05, 3.63) is 29.8 Å². The monoisotopic (exact) mass is 244 g/mol. The van der Waals surface area contributed by atoms with E-state index in [1.807, 2.05) is 31.2 Å². The lowest BCUT2D eigenvalue weighted by atomic mass is 10.2. The number of carbonyl (C=O) groups excluding carboxylic acids is 1. The van der Waals surface area contributed by atoms with Gasteiger partial charge in [0.15, 0.2) is 0 Å². The molecule has 0 aromatic heterocycles. The Morgan fingerprint density at radius 2 is 2.08 bits per heavy atom. The zero-order chi connectivity index (χ0) is 8.97. The average molecular weight is 245 g/mol. The first-order chi connectivity index (χ1) is 5.74. The molecular weight excluding hydrogens is 232 g/mol. The number of carbonyl (C=O) groups is 1. The minimum atomic E-state index is -0.163. The van der Waals surface area contributed by atoms with Crippen LogP contribution in [-0.4, -0.2) is 12.5 Å². The molecule has 0 heterocycles. The van der Waals surface area contributed by atoms with Crippen LogP contribution in [0.4, 0.5) is 5.69 Å². The number of anilines is 1. The first-order valence-corrected chi connectivity index (χ1v) is 3.79. The lowest BCUT2D eigenvalue weighted by molar-refractivity contribution is -0.114. The zero-order valence-corrected chi connectivity index (χ0v) is 9.12. The minimum Gasteiger partial charge on any atom is -0.325 e. The maximum Gasteiger partial charge on any atom is 0.238 e. The van der Waals surface area contributed by atoms with E-state index in [2.05, 4.69) is 5.32 Å². The van der Waals surface area contributed by atoms with Gasteiger partial charge < -0.3 is 11.1 Å². The molecule has 13 heavy (non-hydrogen) atoms. The summed E-state index contributed by atoms with van der Waals surface area (Å²) >= 11 is 0. The predicted molar refractivity (Wildman–Crippen MR) is 59.2 cm³/mol. The van der Waals surface area contributed by atoms with Crippen LogP contribution in [0.5, 0.6) is 0 Å². The van der Waals surface area contributed by atoms with Gasteiger partial charge in [-0.15, -0.1) is 17.0 Å². The van der Waals surface area contributed by atoms with Gasteiger partial charge in [0.05, 0.1) is 6.54 Å². The summed E-state index contributed by atoms with van der Waals surface area (Å²) in [4.78, 5) is 10.9. The van der Waals surface area contributed by atoms with Gasteiger partial charge in [0.25, 0.3) is 0 Å². The molecule has 72 valence electrons. The van der Waals surface area contributed by atoms with E-state index in [0.29, 0.717) is 0 Å². The number of amides is 1. The number of hydrogen-bond donors (Lipinski definition) is 2. The number of hydrogen-bond acceptors (Lipinski definition) is 2. The normalized spacial score (nSPS) is 8.77. The molecule has 0 bridgehead atoms. The van der Waals surface area contributed by atoms with Gasteiger partial charge in [-0.3, -0.25) is 4.79 Å². The topological polar surface area (TPSA) is 55.1 Å². The number of nitrogens with two attached hydrogens (primary N) is 1. The summed E-state index contributed by atoms with van der Waals surface area (Å²) in [6, 6.07) is 7.58. The van der Waals surface area contributed by atoms with E-state index in [1.54, 1.807) is 0 Å². The summed E-state index contributed by atoms with van der Waals surface area (Å²) < 4.78 is 0. The second-order valence-electron chi connectivity index (χ2n) is 2.57. The molecule has 1 amide bonds. The van der Waals surface area contributed by atoms with E-state index in [-0.39, 0.29) is 29.4 Å². The van der Waals surface area contributed by atoms with Crippen LogP contribution in [-0.2, 0) is 4.79 Å². The van der Waals surface area contributed by atoms with Gasteiger partial charge >= 0.3 is 0 Å². The molecule has 0 radical (unpaired) electrons. The first-order valence-electron chi connectivity index (χ1n) is 3.79. The number of rotatable bonds is 2. The van der Waals surface area contributed by atoms with Gasteiger partial charge in [-0.05, 0) is 18.6 Å². The molecule has 0 spiro atoms. The number of para-hydroxylation sites is 1. The summed E-state index contributed by atoms with van der Waals surface area (Å²) in [5, 5.41) is 2.70. The zero-order valence-electron chi connectivity index (χ0n) is 7.41. The number of aryl methyl sites for hydroxylation is 1. The summed E-state index contributed by atoms with van der Waals surface area (Å²) in [7, 11) is 0. The lowest BCUT2D eigenvalue weighted by Gasteiger charge is -2.05. The van der Waals surface area contributed by atoms with Crippen LogP contribution in [0.25, 0.3) is 0 Å². The van der Waals surface area contributed by atoms with Crippen LogP contribution < -0.4 is 11.1 Å². The van der Waals surface area contributed by atoms with Crippen molar-refractivity contribution >= 4 is 28.6 Å². The van der Waals surface area contributed by atoms with Crippen molar-refractivity contribution in [2.24, 2.45) is 5.73 Å². The standard InChI is InChI=1S/C9H12N2O.BrH/c1-7-4-2-3-5-8(7)11-9(12)6-10;/h2-5H,6,10H2,1H3,(H,11,12);1H. The Morgan fingerprint density at radius 1 is 1.46 bits per heavy atom. The first kappa shape index (κ1) is 12.1. The fourth-order valence-electron chi connectivity index (χ4n) is 0.914. The van der Waals surface area contributed by atoms with Crippen LogP contribution in [0.2, 0.25) is 0 Å². The molecular formula is C9H13BrN2O. The summed E-state index contributed by atoms with van der Waals surface area (Å²) in [6.45, 7) is 1.96. The fraction of sp³-hybridized carbons (Fsp3) is 0.222. The van der Waals surface area contributed by atoms with Crippen LogP contribution in [0.15, 0.2) is 24.3 Å². The highest BCUT2D eigenvalue weighted by atomic mass is 79.9. The van der Waals surface area contributed by atoms with Crippen LogP contribution in [0.3, 0.4) is 0 Å². The third-order valence-corrected chi connectivity index (χ3v) is 1.60. The summed E-state index contributed by atoms with van der Waals surface area (Å²) in [5.74, 6) is -0.163. The molecule has 0 aliphatic rings. The van der Waals surface area contributed by atoms with Crippen molar-refractivity contribution in [2.75, 3.05) is 11.9 Å². The van der Waals surface area contributed by atoms with Gasteiger partial charge in [-0.1, -0.05) is 18.2 Å². The number of nitrogens with one attached hydrogen (secondary N) is 1. The molecule has 0 aliphatic carbocycles. The maximum atomic E-state index is 10.9. The van der Waals surface area contributed by atoms with Crippen LogP contribution in [0, 0.1) is 6.92 Å². The molecule has 3 N–H and O–H groups in total. The van der Waals surface area contributed by atoms with E-state index in [4.69, 9.17) is 5.73 Å². The Bertz CT molecular complexity index is 289. The Labute approximate surface area is 88.1 Å². The SMILES string of the molecule is Br.Cc1ccccc1NC(=O)CN. The second-order valence-corrected chi connectivity index (χ2v) is 2.57. The average Bonchev–Trinajstić information content (AvgIpc) is 2.09. The van der Waals surface area contributed by atoms with Crippen molar-refractivity contribution < 1.29 is 4.79 Å². The van der Waals surface area contributed by atoms with Crippen molar-refractivity contribution in [1.82, 2.24) is 0 Å². The van der Waals surface area contributed by atoms with Crippen molar-refractivity contribution in [3.63, 3.8) is 0 Å². The van der Waals surface area contributed by atoms with E-state index in [1.165, 1.54) is 0 Å². The van der Waals surface area contributed by atoms with Gasteiger partial charge in [0.1, 0.15) is 0 Å². The van der Waals surface area contributed by atoms with Crippen molar-refractivity contribution in [1.29, 1.82) is 0 Å². The second kappa shape index (κ2) is 5.72. The van der Waals surface area contributed by atoms with Crippen LogP contribution in [0.1, 0.15) is 5.56 Å². The Hall–Kier alpha value is -0.870. The fourth-order valence-corrected chi connectivity index (χ4v) is 0.914. The number of benzene rings is 1. The van der Waals surface area contributed by atoms with E-state index < -0.39 is 0 Å². The molecule has 4 heteroatoms. The largest absolute Gasteiger partial charge is 0.325 e. The third kappa shape index (κ3) is 3.57. The minimum absolute atomic E-state index is 0. The van der Waals surface area contributed by atoms with Crippen molar-refractivity contribution in [2.45, 2.75) is 6.92 Å². The quantitative estimate of drug-likeness (QED) is 0.828. The molecule has 0 aliphatic heterocycles. The number of halogens is 1. The van der Waals surface area contributed by atoms with Gasteiger partial charge in [0.2, 0.25) is 5.91 Å². The Kier molecular flexibility index (Phi) is 5.34. The molecule has 0 saturated heterocycles. The molecule has 1 rings (SSSR count). The molecule has 0 unspecified atom stereocenters. The molecule has 3 nitrogen and oxygen atoms in total. The molecule has 1 aromatic rings. The third-order valence-electron chi connectivity index (χ3n) is 1.60. The highest BCUT2D eigenvalue weighted by Crippen LogP contribution is 2.12. The lowest BCUT2D eigenvalue weighted by Crippen LogP contribution is -2.22. The molecule has 0 saturated carbocycles. The summed E-state index contributed by atoms with van der Waals surface area (Å²) in [5.41, 5.74) is 7.03.